The molecule has 1 saturated heterocycles. The number of aromatic nitrogens is 1. The third kappa shape index (κ3) is 3.09. The Bertz CT molecular complexity index is 504. The fourth-order valence-electron chi connectivity index (χ4n) is 2.44. The molecule has 1 N–H and O–H groups in total. The molecule has 0 bridgehead atoms. The summed E-state index contributed by atoms with van der Waals surface area (Å²) in [5, 5.41) is 2.57. The van der Waals surface area contributed by atoms with Crippen molar-refractivity contribution >= 4 is 11.6 Å². The molecule has 110 valence electrons. The highest BCUT2D eigenvalue weighted by Crippen LogP contribution is 2.37. The van der Waals surface area contributed by atoms with Crippen LogP contribution in [0.5, 0.6) is 0 Å². The van der Waals surface area contributed by atoms with E-state index in [1.807, 2.05) is 0 Å². The summed E-state index contributed by atoms with van der Waals surface area (Å²) in [6.07, 6.45) is -1.32. The molecule has 0 aromatic carbocycles. The van der Waals surface area contributed by atoms with E-state index in [9.17, 15) is 18.0 Å². The Morgan fingerprint density at radius 3 is 2.75 bits per heavy atom. The zero-order chi connectivity index (χ0) is 14.9. The van der Waals surface area contributed by atoms with Crippen molar-refractivity contribution in [3.63, 3.8) is 0 Å². The van der Waals surface area contributed by atoms with Crippen molar-refractivity contribution in [2.75, 3.05) is 25.5 Å². The summed E-state index contributed by atoms with van der Waals surface area (Å²) in [6.45, 7) is 1.71. The predicted octanol–water partition coefficient (Wildman–Crippen LogP) is 2.07. The molecule has 1 aromatic rings. The van der Waals surface area contributed by atoms with Gasteiger partial charge in [0.2, 0.25) is 5.91 Å². The van der Waals surface area contributed by atoms with Crippen LogP contribution in [0.15, 0.2) is 18.5 Å². The molecule has 0 radical (unpaired) electrons. The lowest BCUT2D eigenvalue weighted by molar-refractivity contribution is -0.182. The van der Waals surface area contributed by atoms with E-state index in [1.165, 1.54) is 11.1 Å². The summed E-state index contributed by atoms with van der Waals surface area (Å²) in [5.41, 5.74) is 1.22. The van der Waals surface area contributed by atoms with E-state index in [1.54, 1.807) is 26.2 Å². The van der Waals surface area contributed by atoms with E-state index in [4.69, 9.17) is 0 Å². The first kappa shape index (κ1) is 14.8. The minimum Gasteiger partial charge on any atom is -0.325 e. The first-order valence-corrected chi connectivity index (χ1v) is 6.26. The molecule has 0 spiro atoms. The second-order valence-electron chi connectivity index (χ2n) is 5.16. The number of halogens is 3. The van der Waals surface area contributed by atoms with Gasteiger partial charge in [0.1, 0.15) is 0 Å². The number of carbonyl (C=O) groups excluding carboxylic acids is 1. The van der Waals surface area contributed by atoms with Gasteiger partial charge in [-0.05, 0) is 25.6 Å². The molecule has 2 rings (SSSR count). The summed E-state index contributed by atoms with van der Waals surface area (Å²) in [5.74, 6) is -3.28. The van der Waals surface area contributed by atoms with Gasteiger partial charge in [0.15, 0.2) is 0 Å². The SMILES string of the molecule is Cc1cnccc1NC(=O)[C@@H]1CN(C)C[C@H]1C(F)(F)F. The van der Waals surface area contributed by atoms with Gasteiger partial charge in [-0.2, -0.15) is 13.2 Å². The Balaban J connectivity index is 2.14. The molecule has 7 heteroatoms. The van der Waals surface area contributed by atoms with Crippen LogP contribution in [0.1, 0.15) is 5.56 Å². The number of nitrogens with one attached hydrogen (secondary N) is 1. The van der Waals surface area contributed by atoms with E-state index in [-0.39, 0.29) is 13.1 Å². The number of anilines is 1. The van der Waals surface area contributed by atoms with Crippen molar-refractivity contribution < 1.29 is 18.0 Å². The van der Waals surface area contributed by atoms with Crippen molar-refractivity contribution in [3.8, 4) is 0 Å². The first-order valence-electron chi connectivity index (χ1n) is 6.26. The zero-order valence-corrected chi connectivity index (χ0v) is 11.2. The van der Waals surface area contributed by atoms with Crippen LogP contribution >= 0.6 is 0 Å². The van der Waals surface area contributed by atoms with Gasteiger partial charge in [-0.1, -0.05) is 0 Å². The minimum absolute atomic E-state index is 0.111. The fourth-order valence-corrected chi connectivity index (χ4v) is 2.44. The average molecular weight is 287 g/mol. The van der Waals surface area contributed by atoms with Crippen molar-refractivity contribution in [1.29, 1.82) is 0 Å². The third-order valence-electron chi connectivity index (χ3n) is 3.54. The molecule has 0 saturated carbocycles. The van der Waals surface area contributed by atoms with Gasteiger partial charge >= 0.3 is 6.18 Å². The maximum Gasteiger partial charge on any atom is 0.393 e. The normalized spacial score (nSPS) is 23.9. The number of carbonyl (C=O) groups is 1. The molecule has 20 heavy (non-hydrogen) atoms. The number of likely N-dealkylation sites (tertiary alicyclic amines) is 1. The molecule has 2 heterocycles. The van der Waals surface area contributed by atoms with Crippen LogP contribution in [0.4, 0.5) is 18.9 Å². The Kier molecular flexibility index (Phi) is 3.99. The summed E-state index contributed by atoms with van der Waals surface area (Å²) < 4.78 is 38.8. The maximum atomic E-state index is 12.9. The van der Waals surface area contributed by atoms with Crippen molar-refractivity contribution in [1.82, 2.24) is 9.88 Å². The number of pyridine rings is 1. The van der Waals surface area contributed by atoms with Crippen LogP contribution < -0.4 is 5.32 Å². The molecule has 0 unspecified atom stereocenters. The van der Waals surface area contributed by atoms with E-state index in [2.05, 4.69) is 10.3 Å². The number of alkyl halides is 3. The highest BCUT2D eigenvalue weighted by atomic mass is 19.4. The molecular formula is C13H16F3N3O. The average Bonchev–Trinajstić information content (AvgIpc) is 2.74. The first-order chi connectivity index (χ1) is 9.29. The van der Waals surface area contributed by atoms with Crippen molar-refractivity contribution in [2.45, 2.75) is 13.1 Å². The van der Waals surface area contributed by atoms with Gasteiger partial charge in [-0.15, -0.1) is 0 Å². The van der Waals surface area contributed by atoms with Crippen LogP contribution in [-0.2, 0) is 4.79 Å². The van der Waals surface area contributed by atoms with Crippen LogP contribution in [0.3, 0.4) is 0 Å². The molecule has 1 fully saturated rings. The second kappa shape index (κ2) is 5.40. The number of hydrogen-bond donors (Lipinski definition) is 1. The van der Waals surface area contributed by atoms with Crippen LogP contribution in [-0.4, -0.2) is 42.1 Å². The Labute approximate surface area is 115 Å². The molecule has 1 amide bonds. The summed E-state index contributed by atoms with van der Waals surface area (Å²) in [6, 6.07) is 1.58. The fraction of sp³-hybridized carbons (Fsp3) is 0.538. The van der Waals surface area contributed by atoms with Crippen LogP contribution in [0, 0.1) is 18.8 Å². The maximum absolute atomic E-state index is 12.9. The van der Waals surface area contributed by atoms with Crippen molar-refractivity contribution in [2.24, 2.45) is 11.8 Å². The molecule has 1 aliphatic rings. The lowest BCUT2D eigenvalue weighted by Gasteiger charge is -2.21. The smallest absolute Gasteiger partial charge is 0.325 e. The van der Waals surface area contributed by atoms with E-state index < -0.39 is 23.9 Å². The molecule has 1 aliphatic heterocycles. The molecule has 1 aromatic heterocycles. The lowest BCUT2D eigenvalue weighted by Crippen LogP contribution is -2.36. The largest absolute Gasteiger partial charge is 0.393 e. The van der Waals surface area contributed by atoms with Gasteiger partial charge in [0, 0.05) is 31.2 Å². The summed E-state index contributed by atoms with van der Waals surface area (Å²) in [7, 11) is 1.59. The molecule has 0 aliphatic carbocycles. The highest BCUT2D eigenvalue weighted by Gasteiger charge is 2.51. The number of nitrogens with zero attached hydrogens (tertiary/aromatic N) is 2. The molecule has 4 nitrogen and oxygen atoms in total. The van der Waals surface area contributed by atoms with E-state index >= 15 is 0 Å². The monoisotopic (exact) mass is 287 g/mol. The molecular weight excluding hydrogens is 271 g/mol. The Hall–Kier alpha value is -1.63. The van der Waals surface area contributed by atoms with Gasteiger partial charge in [0.25, 0.3) is 0 Å². The van der Waals surface area contributed by atoms with Gasteiger partial charge in [0.05, 0.1) is 11.8 Å². The minimum atomic E-state index is -4.36. The predicted molar refractivity (Wildman–Crippen MR) is 68.1 cm³/mol. The summed E-state index contributed by atoms with van der Waals surface area (Å²) in [4.78, 5) is 17.5. The second-order valence-corrected chi connectivity index (χ2v) is 5.16. The third-order valence-corrected chi connectivity index (χ3v) is 3.54. The highest BCUT2D eigenvalue weighted by molar-refractivity contribution is 5.93. The number of aryl methyl sites for hydroxylation is 1. The van der Waals surface area contributed by atoms with E-state index in [0.29, 0.717) is 5.69 Å². The zero-order valence-electron chi connectivity index (χ0n) is 11.2. The van der Waals surface area contributed by atoms with Gasteiger partial charge < -0.3 is 10.2 Å². The number of hydrogen-bond acceptors (Lipinski definition) is 3. The number of amides is 1. The van der Waals surface area contributed by atoms with E-state index in [0.717, 1.165) is 5.56 Å². The van der Waals surface area contributed by atoms with Gasteiger partial charge in [-0.25, -0.2) is 0 Å². The molecule has 2 atom stereocenters. The summed E-state index contributed by atoms with van der Waals surface area (Å²) >= 11 is 0. The quantitative estimate of drug-likeness (QED) is 0.905. The van der Waals surface area contributed by atoms with Crippen molar-refractivity contribution in [3.05, 3.63) is 24.0 Å². The standard InChI is InChI=1S/C13H16F3N3O/c1-8-5-17-4-3-11(8)18-12(20)9-6-19(2)7-10(9)13(14,15)16/h3-5,9-10H,6-7H2,1-2H3,(H,17,18,20)/t9-,10-/m1/s1. The Morgan fingerprint density at radius 2 is 2.15 bits per heavy atom. The lowest BCUT2D eigenvalue weighted by atomic mass is 9.94. The number of rotatable bonds is 2. The van der Waals surface area contributed by atoms with Gasteiger partial charge in [-0.3, -0.25) is 9.78 Å². The Morgan fingerprint density at radius 1 is 1.45 bits per heavy atom. The van der Waals surface area contributed by atoms with Crippen LogP contribution in [0.2, 0.25) is 0 Å². The van der Waals surface area contributed by atoms with Crippen LogP contribution in [0.25, 0.3) is 0 Å². The topological polar surface area (TPSA) is 45.2 Å².